The van der Waals surface area contributed by atoms with Crippen LogP contribution in [-0.2, 0) is 9.53 Å². The van der Waals surface area contributed by atoms with E-state index in [2.05, 4.69) is 0 Å². The van der Waals surface area contributed by atoms with Crippen molar-refractivity contribution in [2.75, 3.05) is 26.2 Å². The third-order valence-corrected chi connectivity index (χ3v) is 5.17. The second-order valence-corrected chi connectivity index (χ2v) is 7.72. The molecule has 1 fully saturated rings. The number of amides is 3. The smallest absolute Gasteiger partial charge is 0.338 e. The van der Waals surface area contributed by atoms with E-state index in [1.54, 1.807) is 4.90 Å². The van der Waals surface area contributed by atoms with Crippen molar-refractivity contribution in [2.45, 2.75) is 39.5 Å². The number of rotatable bonds is 6. The van der Waals surface area contributed by atoms with Crippen LogP contribution in [0.3, 0.4) is 0 Å². The zero-order chi connectivity index (χ0) is 20.3. The van der Waals surface area contributed by atoms with Gasteiger partial charge < -0.3 is 9.64 Å². The van der Waals surface area contributed by atoms with Crippen molar-refractivity contribution in [3.05, 3.63) is 34.9 Å². The molecule has 2 aliphatic rings. The van der Waals surface area contributed by atoms with Crippen LogP contribution >= 0.6 is 0 Å². The summed E-state index contributed by atoms with van der Waals surface area (Å²) in [7, 11) is 0. The van der Waals surface area contributed by atoms with Gasteiger partial charge in [-0.1, -0.05) is 13.8 Å². The van der Waals surface area contributed by atoms with Crippen molar-refractivity contribution >= 4 is 23.7 Å². The van der Waals surface area contributed by atoms with Crippen molar-refractivity contribution in [2.24, 2.45) is 5.92 Å². The lowest BCUT2D eigenvalue weighted by atomic mass is 10.1. The van der Waals surface area contributed by atoms with Crippen LogP contribution in [0.1, 0.15) is 70.6 Å². The first-order chi connectivity index (χ1) is 13.4. The first kappa shape index (κ1) is 20.0. The van der Waals surface area contributed by atoms with Gasteiger partial charge in [-0.05, 0) is 49.8 Å². The number of nitrogens with zero attached hydrogens (tertiary/aromatic N) is 2. The number of hydrogen-bond donors (Lipinski definition) is 0. The monoisotopic (exact) mass is 386 g/mol. The molecule has 0 bridgehead atoms. The Morgan fingerprint density at radius 2 is 1.71 bits per heavy atom. The molecule has 7 nitrogen and oxygen atoms in total. The summed E-state index contributed by atoms with van der Waals surface area (Å²) in [5.74, 6) is -1.23. The molecule has 2 heterocycles. The fourth-order valence-corrected chi connectivity index (χ4v) is 3.45. The minimum absolute atomic E-state index is 0.164. The Hall–Kier alpha value is -2.70. The Morgan fingerprint density at radius 3 is 2.39 bits per heavy atom. The maximum Gasteiger partial charge on any atom is 0.338 e. The average molecular weight is 386 g/mol. The van der Waals surface area contributed by atoms with Crippen LogP contribution in [0.15, 0.2) is 18.2 Å². The number of hydrogen-bond acceptors (Lipinski definition) is 5. The lowest BCUT2D eigenvalue weighted by molar-refractivity contribution is -0.135. The number of carbonyl (C=O) groups is 4. The molecule has 3 amide bonds. The predicted octanol–water partition coefficient (Wildman–Crippen LogP) is 2.50. The molecular weight excluding hydrogens is 360 g/mol. The number of benzene rings is 1. The van der Waals surface area contributed by atoms with Crippen LogP contribution in [0.25, 0.3) is 0 Å². The van der Waals surface area contributed by atoms with Crippen molar-refractivity contribution in [3.8, 4) is 0 Å². The third-order valence-electron chi connectivity index (χ3n) is 5.17. The van der Waals surface area contributed by atoms with Gasteiger partial charge in [0.15, 0.2) is 6.61 Å². The van der Waals surface area contributed by atoms with E-state index in [1.807, 2.05) is 13.8 Å². The zero-order valence-electron chi connectivity index (χ0n) is 16.4. The van der Waals surface area contributed by atoms with Crippen molar-refractivity contribution in [3.63, 3.8) is 0 Å². The second-order valence-electron chi connectivity index (χ2n) is 7.72. The highest BCUT2D eigenvalue weighted by molar-refractivity contribution is 6.21. The quantitative estimate of drug-likeness (QED) is 0.554. The highest BCUT2D eigenvalue weighted by atomic mass is 16.5. The molecule has 0 aliphatic carbocycles. The Labute approximate surface area is 164 Å². The van der Waals surface area contributed by atoms with Gasteiger partial charge >= 0.3 is 5.97 Å². The van der Waals surface area contributed by atoms with Gasteiger partial charge in [0.2, 0.25) is 0 Å². The number of carbonyl (C=O) groups excluding carboxylic acids is 4. The highest BCUT2D eigenvalue weighted by Crippen LogP contribution is 2.25. The summed E-state index contributed by atoms with van der Waals surface area (Å²) in [5, 5.41) is 0. The maximum atomic E-state index is 12.6. The highest BCUT2D eigenvalue weighted by Gasteiger charge is 2.35. The van der Waals surface area contributed by atoms with Crippen molar-refractivity contribution in [1.29, 1.82) is 0 Å². The molecule has 0 unspecified atom stereocenters. The SMILES string of the molecule is CC(C)CCN1C(=O)c2ccc(C(=O)OCC(=O)N3CCCCC3)cc2C1=O. The van der Waals surface area contributed by atoms with Gasteiger partial charge in [0.05, 0.1) is 16.7 Å². The van der Waals surface area contributed by atoms with Gasteiger partial charge in [0.25, 0.3) is 17.7 Å². The zero-order valence-corrected chi connectivity index (χ0v) is 16.4. The van der Waals surface area contributed by atoms with E-state index < -0.39 is 5.97 Å². The van der Waals surface area contributed by atoms with Gasteiger partial charge in [0, 0.05) is 19.6 Å². The molecule has 3 rings (SSSR count). The van der Waals surface area contributed by atoms with E-state index in [1.165, 1.54) is 23.1 Å². The largest absolute Gasteiger partial charge is 0.452 e. The molecular formula is C21H26N2O5. The fraction of sp³-hybridized carbons (Fsp3) is 0.524. The van der Waals surface area contributed by atoms with E-state index in [-0.39, 0.29) is 35.5 Å². The van der Waals surface area contributed by atoms with Gasteiger partial charge in [-0.15, -0.1) is 0 Å². The average Bonchev–Trinajstić information content (AvgIpc) is 2.94. The summed E-state index contributed by atoms with van der Waals surface area (Å²) in [4.78, 5) is 52.4. The number of imide groups is 1. The predicted molar refractivity (Wildman–Crippen MR) is 102 cm³/mol. The summed E-state index contributed by atoms with van der Waals surface area (Å²) >= 11 is 0. The summed E-state index contributed by atoms with van der Waals surface area (Å²) in [6.45, 7) is 5.47. The normalized spacial score (nSPS) is 16.5. The molecule has 2 aliphatic heterocycles. The first-order valence-corrected chi connectivity index (χ1v) is 9.83. The minimum atomic E-state index is -0.672. The van der Waals surface area contributed by atoms with Crippen molar-refractivity contribution in [1.82, 2.24) is 9.80 Å². The van der Waals surface area contributed by atoms with E-state index in [0.29, 0.717) is 31.1 Å². The molecule has 28 heavy (non-hydrogen) atoms. The van der Waals surface area contributed by atoms with Gasteiger partial charge in [0.1, 0.15) is 0 Å². The minimum Gasteiger partial charge on any atom is -0.452 e. The summed E-state index contributed by atoms with van der Waals surface area (Å²) < 4.78 is 5.13. The molecule has 0 saturated carbocycles. The van der Waals surface area contributed by atoms with Crippen LogP contribution in [0.2, 0.25) is 0 Å². The topological polar surface area (TPSA) is 84.0 Å². The van der Waals surface area contributed by atoms with Crippen molar-refractivity contribution < 1.29 is 23.9 Å². The summed E-state index contributed by atoms with van der Waals surface area (Å²) in [6, 6.07) is 4.33. The standard InChI is InChI=1S/C21H26N2O5/c1-14(2)8-11-23-19(25)16-7-6-15(12-17(16)20(23)26)21(27)28-13-18(24)22-9-4-3-5-10-22/h6-7,12,14H,3-5,8-11,13H2,1-2H3. The lowest BCUT2D eigenvalue weighted by Gasteiger charge is -2.26. The molecule has 0 aromatic heterocycles. The lowest BCUT2D eigenvalue weighted by Crippen LogP contribution is -2.38. The van der Waals surface area contributed by atoms with Crippen LogP contribution < -0.4 is 0 Å². The van der Waals surface area contributed by atoms with Gasteiger partial charge in [-0.25, -0.2) is 4.79 Å². The molecule has 1 aromatic rings. The fourth-order valence-electron chi connectivity index (χ4n) is 3.45. The Kier molecular flexibility index (Phi) is 6.11. The number of esters is 1. The maximum absolute atomic E-state index is 12.6. The number of fused-ring (bicyclic) bond motifs is 1. The summed E-state index contributed by atoms with van der Waals surface area (Å²) in [5.41, 5.74) is 0.678. The van der Waals surface area contributed by atoms with E-state index in [0.717, 1.165) is 25.7 Å². The third kappa shape index (κ3) is 4.24. The number of ether oxygens (including phenoxy) is 1. The molecule has 1 saturated heterocycles. The molecule has 1 aromatic carbocycles. The van der Waals surface area contributed by atoms with E-state index in [4.69, 9.17) is 4.74 Å². The van der Waals surface area contributed by atoms with Crippen LogP contribution in [0, 0.1) is 5.92 Å². The molecule has 0 atom stereocenters. The van der Waals surface area contributed by atoms with E-state index >= 15 is 0 Å². The Balaban J connectivity index is 1.64. The molecule has 7 heteroatoms. The second kappa shape index (κ2) is 8.54. The Bertz CT molecular complexity index is 796. The van der Waals surface area contributed by atoms with Crippen LogP contribution in [0.5, 0.6) is 0 Å². The van der Waals surface area contributed by atoms with E-state index in [9.17, 15) is 19.2 Å². The van der Waals surface area contributed by atoms with Crippen LogP contribution in [-0.4, -0.2) is 59.7 Å². The van der Waals surface area contributed by atoms with Gasteiger partial charge in [-0.2, -0.15) is 0 Å². The molecule has 0 radical (unpaired) electrons. The van der Waals surface area contributed by atoms with Crippen LogP contribution in [0.4, 0.5) is 0 Å². The van der Waals surface area contributed by atoms with Gasteiger partial charge in [-0.3, -0.25) is 19.3 Å². The number of likely N-dealkylation sites (tertiary alicyclic amines) is 1. The Morgan fingerprint density at radius 1 is 1.04 bits per heavy atom. The first-order valence-electron chi connectivity index (χ1n) is 9.83. The number of piperidine rings is 1. The molecule has 0 spiro atoms. The molecule has 150 valence electrons. The molecule has 0 N–H and O–H groups in total. The summed E-state index contributed by atoms with van der Waals surface area (Å²) in [6.07, 6.45) is 3.76.